The molecule has 60 heavy (non-hydrogen) atoms. The number of carboxylic acids is 1. The molecular weight excluding hydrogens is 751 g/mol. The minimum absolute atomic E-state index is 0.0472. The summed E-state index contributed by atoms with van der Waals surface area (Å²) in [6, 6.07) is -0.623. The van der Waals surface area contributed by atoms with Crippen LogP contribution in [-0.4, -0.2) is 80.6 Å². The fraction of sp³-hybridized carbons (Fsp3) is 0.712. The number of quaternary nitrogens is 1. The van der Waals surface area contributed by atoms with Crippen molar-refractivity contribution in [3.05, 3.63) is 72.9 Å². The number of carbonyl (C=O) groups is 3. The third-order valence-electron chi connectivity index (χ3n) is 10.3. The lowest BCUT2D eigenvalue weighted by molar-refractivity contribution is -0.887. The second-order valence-corrected chi connectivity index (χ2v) is 17.0. The van der Waals surface area contributed by atoms with Gasteiger partial charge in [0.1, 0.15) is 6.61 Å². The number of allylic oxidation sites excluding steroid dienone is 12. The van der Waals surface area contributed by atoms with Crippen LogP contribution in [0.2, 0.25) is 0 Å². The van der Waals surface area contributed by atoms with Crippen molar-refractivity contribution in [2.24, 2.45) is 0 Å². The van der Waals surface area contributed by atoms with E-state index >= 15 is 0 Å². The van der Waals surface area contributed by atoms with Crippen LogP contribution >= 0.6 is 0 Å². The molecule has 0 aromatic rings. The maximum absolute atomic E-state index is 12.8. The van der Waals surface area contributed by atoms with Gasteiger partial charge in [-0.2, -0.15) is 0 Å². The molecule has 0 aromatic heterocycles. The maximum Gasteiger partial charge on any atom is 0.362 e. The van der Waals surface area contributed by atoms with Gasteiger partial charge < -0.3 is 23.8 Å². The lowest BCUT2D eigenvalue weighted by Gasteiger charge is -2.31. The van der Waals surface area contributed by atoms with E-state index in [1.165, 1.54) is 57.8 Å². The maximum atomic E-state index is 12.8. The number of nitrogens with zero attached hydrogens (tertiary/aromatic N) is 1. The van der Waals surface area contributed by atoms with E-state index in [0.717, 1.165) is 96.3 Å². The summed E-state index contributed by atoms with van der Waals surface area (Å²) in [6.07, 6.45) is 53.7. The van der Waals surface area contributed by atoms with Crippen molar-refractivity contribution >= 4 is 17.9 Å². The van der Waals surface area contributed by atoms with Crippen molar-refractivity contribution in [3.63, 3.8) is 0 Å². The zero-order chi connectivity index (χ0) is 44.2. The standard InChI is InChI=1S/C52H89NO7/c1-6-8-10-12-14-16-18-20-22-23-24-25-26-27-28-29-31-33-35-37-39-41-43-51(55)60-48(46-58-45-44-49(52(56)57)53(3,4)5)47-59-50(54)42-40-38-36-34-32-30-21-19-17-15-13-11-9-7-2/h8,10,14,16,20,22,24-25,27-28,30,32,48-49H,6-7,9,11-13,15,17-19,21,23,26,29,31,33-47H2,1-5H3/p+1/b10-8+,16-14+,22-20+,25-24+,28-27+,32-30+. The van der Waals surface area contributed by atoms with Crippen LogP contribution in [0.3, 0.4) is 0 Å². The molecule has 1 N–H and O–H groups in total. The Kier molecular flexibility index (Phi) is 40.2. The fourth-order valence-electron chi connectivity index (χ4n) is 6.64. The second kappa shape index (κ2) is 42.5. The van der Waals surface area contributed by atoms with Gasteiger partial charge in [0, 0.05) is 19.3 Å². The zero-order valence-corrected chi connectivity index (χ0v) is 39.1. The Balaban J connectivity index is 4.35. The first-order chi connectivity index (χ1) is 29.1. The quantitative estimate of drug-likeness (QED) is 0.0283. The van der Waals surface area contributed by atoms with E-state index in [0.29, 0.717) is 19.3 Å². The van der Waals surface area contributed by atoms with Crippen molar-refractivity contribution in [3.8, 4) is 0 Å². The predicted octanol–water partition coefficient (Wildman–Crippen LogP) is 13.5. The van der Waals surface area contributed by atoms with Gasteiger partial charge in [-0.15, -0.1) is 0 Å². The molecule has 8 nitrogen and oxygen atoms in total. The second-order valence-electron chi connectivity index (χ2n) is 17.0. The molecule has 0 heterocycles. The molecule has 0 aromatic carbocycles. The first-order valence-electron chi connectivity index (χ1n) is 24.0. The van der Waals surface area contributed by atoms with E-state index in [2.05, 4.69) is 86.8 Å². The predicted molar refractivity (Wildman–Crippen MR) is 252 cm³/mol. The van der Waals surface area contributed by atoms with Crippen molar-refractivity contribution < 1.29 is 38.2 Å². The van der Waals surface area contributed by atoms with Crippen LogP contribution in [0.4, 0.5) is 0 Å². The topological polar surface area (TPSA) is 99.1 Å². The number of unbranched alkanes of at least 4 members (excludes halogenated alkanes) is 16. The zero-order valence-electron chi connectivity index (χ0n) is 39.1. The normalized spacial score (nSPS) is 13.6. The van der Waals surface area contributed by atoms with Crippen molar-refractivity contribution in [1.29, 1.82) is 0 Å². The Morgan fingerprint density at radius 1 is 0.517 bits per heavy atom. The van der Waals surface area contributed by atoms with Crippen LogP contribution in [0.15, 0.2) is 72.9 Å². The summed E-state index contributed by atoms with van der Waals surface area (Å²) in [5.74, 6) is -1.51. The van der Waals surface area contributed by atoms with Gasteiger partial charge in [0.25, 0.3) is 0 Å². The molecule has 0 aliphatic carbocycles. The Labute approximate surface area is 368 Å². The van der Waals surface area contributed by atoms with Gasteiger partial charge in [0.15, 0.2) is 12.1 Å². The van der Waals surface area contributed by atoms with E-state index in [-0.39, 0.29) is 36.2 Å². The summed E-state index contributed by atoms with van der Waals surface area (Å²) in [5.41, 5.74) is 0. The third-order valence-corrected chi connectivity index (χ3v) is 10.3. The van der Waals surface area contributed by atoms with Gasteiger partial charge >= 0.3 is 17.9 Å². The van der Waals surface area contributed by atoms with E-state index in [1.807, 2.05) is 21.1 Å². The highest BCUT2D eigenvalue weighted by Gasteiger charge is 2.31. The number of carbonyl (C=O) groups excluding carboxylic acids is 2. The van der Waals surface area contributed by atoms with Crippen molar-refractivity contribution in [1.82, 2.24) is 0 Å². The van der Waals surface area contributed by atoms with Gasteiger partial charge in [-0.05, 0) is 83.5 Å². The van der Waals surface area contributed by atoms with Crippen LogP contribution in [0, 0.1) is 0 Å². The summed E-state index contributed by atoms with van der Waals surface area (Å²) in [6.45, 7) is 4.58. The molecule has 0 radical (unpaired) electrons. The number of aliphatic carboxylic acids is 1. The van der Waals surface area contributed by atoms with Crippen LogP contribution in [0.5, 0.6) is 0 Å². The highest BCUT2D eigenvalue weighted by Crippen LogP contribution is 2.13. The van der Waals surface area contributed by atoms with Crippen LogP contribution in [0.1, 0.15) is 187 Å². The minimum Gasteiger partial charge on any atom is -0.477 e. The van der Waals surface area contributed by atoms with Crippen molar-refractivity contribution in [2.75, 3.05) is 41.0 Å². The molecule has 0 spiro atoms. The molecule has 0 aliphatic heterocycles. The Morgan fingerprint density at radius 2 is 0.933 bits per heavy atom. The average Bonchev–Trinajstić information content (AvgIpc) is 3.21. The summed E-state index contributed by atoms with van der Waals surface area (Å²) >= 11 is 0. The number of likely N-dealkylation sites (N-methyl/N-ethyl adjacent to an activating group) is 1. The van der Waals surface area contributed by atoms with Gasteiger partial charge in [0.05, 0.1) is 34.4 Å². The smallest absolute Gasteiger partial charge is 0.362 e. The number of hydrogen-bond donors (Lipinski definition) is 1. The molecule has 344 valence electrons. The summed E-state index contributed by atoms with van der Waals surface area (Å²) < 4.78 is 17.3. The summed E-state index contributed by atoms with van der Waals surface area (Å²) in [4.78, 5) is 37.1. The number of ether oxygens (including phenoxy) is 3. The number of esters is 2. The molecule has 2 atom stereocenters. The lowest BCUT2D eigenvalue weighted by atomic mass is 10.1. The minimum atomic E-state index is -0.882. The monoisotopic (exact) mass is 841 g/mol. The number of carboxylic acid groups (broad SMARTS) is 1. The average molecular weight is 841 g/mol. The number of rotatable bonds is 42. The first-order valence-corrected chi connectivity index (χ1v) is 24.0. The van der Waals surface area contributed by atoms with Crippen LogP contribution in [-0.2, 0) is 28.6 Å². The summed E-state index contributed by atoms with van der Waals surface area (Å²) in [7, 11) is 5.52. The van der Waals surface area contributed by atoms with Crippen LogP contribution in [0.25, 0.3) is 0 Å². The highest BCUT2D eigenvalue weighted by atomic mass is 16.6. The van der Waals surface area contributed by atoms with E-state index in [9.17, 15) is 19.5 Å². The van der Waals surface area contributed by atoms with Gasteiger partial charge in [-0.1, -0.05) is 157 Å². The Morgan fingerprint density at radius 3 is 1.42 bits per heavy atom. The SMILES string of the molecule is CC/C=C/C/C=C/C/C=C/C/C=C/C/C=C/CCCCCCCCC(=O)OC(COCCC(C(=O)O)[N+](C)(C)C)COC(=O)CCCCC/C=C/CCCCCCCCC. The van der Waals surface area contributed by atoms with Gasteiger partial charge in [-0.3, -0.25) is 9.59 Å². The Hall–Kier alpha value is -3.23. The molecule has 0 aliphatic rings. The molecule has 0 rings (SSSR count). The fourth-order valence-corrected chi connectivity index (χ4v) is 6.64. The molecule has 0 saturated heterocycles. The first kappa shape index (κ1) is 56.8. The molecule has 0 saturated carbocycles. The molecule has 0 amide bonds. The van der Waals surface area contributed by atoms with Crippen molar-refractivity contribution in [2.45, 2.75) is 199 Å². The third kappa shape index (κ3) is 40.2. The molecule has 2 unspecified atom stereocenters. The molecule has 0 fully saturated rings. The lowest BCUT2D eigenvalue weighted by Crippen LogP contribution is -2.50. The molecular formula is C52H90NO7+. The number of hydrogen-bond acceptors (Lipinski definition) is 6. The molecule has 0 bridgehead atoms. The van der Waals surface area contributed by atoms with E-state index < -0.39 is 18.1 Å². The summed E-state index contributed by atoms with van der Waals surface area (Å²) in [5, 5.41) is 9.64. The van der Waals surface area contributed by atoms with Gasteiger partial charge in [0.2, 0.25) is 0 Å². The van der Waals surface area contributed by atoms with Crippen LogP contribution < -0.4 is 0 Å². The Bertz CT molecular complexity index is 1210. The van der Waals surface area contributed by atoms with E-state index in [4.69, 9.17) is 14.2 Å². The van der Waals surface area contributed by atoms with Gasteiger partial charge in [-0.25, -0.2) is 4.79 Å². The highest BCUT2D eigenvalue weighted by molar-refractivity contribution is 5.72. The molecule has 8 heteroatoms. The largest absolute Gasteiger partial charge is 0.477 e. The van der Waals surface area contributed by atoms with E-state index in [1.54, 1.807) is 0 Å².